The Morgan fingerprint density at radius 1 is 1.21 bits per heavy atom. The van der Waals surface area contributed by atoms with Crippen molar-refractivity contribution in [1.82, 2.24) is 0 Å². The Bertz CT molecular complexity index is 425. The van der Waals surface area contributed by atoms with E-state index >= 15 is 0 Å². The van der Waals surface area contributed by atoms with E-state index in [-0.39, 0.29) is 4.91 Å². The summed E-state index contributed by atoms with van der Waals surface area (Å²) in [6, 6.07) is 0. The van der Waals surface area contributed by atoms with Crippen LogP contribution in [0.5, 0.6) is 0 Å². The molecule has 1 rings (SSSR count). The summed E-state index contributed by atoms with van der Waals surface area (Å²) in [5.41, 5.74) is 0.479. The Morgan fingerprint density at radius 2 is 1.79 bits per heavy atom. The average molecular weight is 216 g/mol. The van der Waals surface area contributed by atoms with Crippen LogP contribution in [0, 0.1) is 5.41 Å². The van der Waals surface area contributed by atoms with E-state index in [1.165, 1.54) is 12.2 Å². The van der Waals surface area contributed by atoms with Crippen molar-refractivity contribution < 1.29 is 12.3 Å². The molecule has 0 bridgehead atoms. The van der Waals surface area contributed by atoms with Gasteiger partial charge in [0.1, 0.15) is 0 Å². The van der Waals surface area contributed by atoms with Gasteiger partial charge in [0.25, 0.3) is 0 Å². The van der Waals surface area contributed by atoms with Gasteiger partial charge in [0.15, 0.2) is 0 Å². The maximum atomic E-state index is 12.8. The van der Waals surface area contributed by atoms with Gasteiger partial charge >= 0.3 is 10.2 Å². The van der Waals surface area contributed by atoms with Gasteiger partial charge < -0.3 is 0 Å². The molecular formula is C10H13FO2S. The van der Waals surface area contributed by atoms with E-state index in [1.54, 1.807) is 6.08 Å². The first-order valence-electron chi connectivity index (χ1n) is 4.26. The van der Waals surface area contributed by atoms with E-state index in [9.17, 15) is 12.3 Å². The molecule has 0 fully saturated rings. The van der Waals surface area contributed by atoms with Crippen LogP contribution >= 0.6 is 0 Å². The van der Waals surface area contributed by atoms with Crippen molar-refractivity contribution in [3.63, 3.8) is 0 Å². The molecule has 0 aromatic rings. The fourth-order valence-corrected chi connectivity index (χ4v) is 2.13. The van der Waals surface area contributed by atoms with Gasteiger partial charge in [-0.3, -0.25) is 0 Å². The van der Waals surface area contributed by atoms with Crippen molar-refractivity contribution >= 4 is 10.2 Å². The minimum absolute atomic E-state index is 0.268. The van der Waals surface area contributed by atoms with Gasteiger partial charge in [-0.1, -0.05) is 37.6 Å². The van der Waals surface area contributed by atoms with Crippen molar-refractivity contribution in [3.8, 4) is 0 Å². The number of hydrogen-bond acceptors (Lipinski definition) is 2. The van der Waals surface area contributed by atoms with Gasteiger partial charge in [0.2, 0.25) is 0 Å². The van der Waals surface area contributed by atoms with E-state index in [4.69, 9.17) is 0 Å². The summed E-state index contributed by atoms with van der Waals surface area (Å²) in [7, 11) is -4.60. The third-order valence-corrected chi connectivity index (χ3v) is 2.72. The molecule has 0 aliphatic heterocycles. The third kappa shape index (κ3) is 2.80. The molecule has 1 aliphatic carbocycles. The Labute approximate surface area is 84.0 Å². The molecule has 0 saturated heterocycles. The molecule has 0 radical (unpaired) electrons. The summed E-state index contributed by atoms with van der Waals surface area (Å²) in [6.45, 7) is 5.50. The van der Waals surface area contributed by atoms with Gasteiger partial charge in [0, 0.05) is 5.41 Å². The quantitative estimate of drug-likeness (QED) is 0.631. The van der Waals surface area contributed by atoms with Crippen LogP contribution in [0.4, 0.5) is 3.89 Å². The van der Waals surface area contributed by atoms with E-state index in [0.29, 0.717) is 0 Å². The summed E-state index contributed by atoms with van der Waals surface area (Å²) >= 11 is 0. The molecule has 0 spiro atoms. The Kier molecular flexibility index (Phi) is 2.67. The van der Waals surface area contributed by atoms with Crippen LogP contribution in [0.1, 0.15) is 20.8 Å². The van der Waals surface area contributed by atoms with E-state index in [1.807, 2.05) is 26.8 Å². The number of hydrogen-bond donors (Lipinski definition) is 0. The zero-order chi connectivity index (χ0) is 11.0. The highest BCUT2D eigenvalue weighted by molar-refractivity contribution is 7.90. The first-order valence-corrected chi connectivity index (χ1v) is 5.64. The Morgan fingerprint density at radius 3 is 2.29 bits per heavy atom. The average Bonchev–Trinajstić information content (AvgIpc) is 2.05. The lowest BCUT2D eigenvalue weighted by Crippen LogP contribution is -2.05. The molecule has 14 heavy (non-hydrogen) atoms. The lowest BCUT2D eigenvalue weighted by atomic mass is 9.91. The fraction of sp³-hybridized carbons (Fsp3) is 0.400. The highest BCUT2D eigenvalue weighted by Crippen LogP contribution is 2.29. The van der Waals surface area contributed by atoms with Crippen molar-refractivity contribution in [2.45, 2.75) is 20.8 Å². The molecule has 0 atom stereocenters. The minimum Gasteiger partial charge on any atom is -0.189 e. The van der Waals surface area contributed by atoms with Crippen LogP contribution in [-0.4, -0.2) is 8.42 Å². The molecule has 78 valence electrons. The molecule has 0 aromatic carbocycles. The maximum absolute atomic E-state index is 12.8. The maximum Gasteiger partial charge on any atom is 0.331 e. The standard InChI is InChI=1S/C10H13FO2S/c1-8-4-5-9(14(11,12)13)7-10(2,3)6-8/h4-7H,1-3H3. The largest absolute Gasteiger partial charge is 0.331 e. The SMILES string of the molecule is CC1=CC(C)(C)C=C(S(=O)(=O)F)C=C1. The molecule has 4 heteroatoms. The second-order valence-electron chi connectivity index (χ2n) is 4.03. The zero-order valence-corrected chi connectivity index (χ0v) is 9.23. The second kappa shape index (κ2) is 3.35. The van der Waals surface area contributed by atoms with E-state index < -0.39 is 15.6 Å². The van der Waals surface area contributed by atoms with Gasteiger partial charge in [-0.05, 0) is 13.0 Å². The van der Waals surface area contributed by atoms with Crippen LogP contribution in [0.2, 0.25) is 0 Å². The monoisotopic (exact) mass is 216 g/mol. The summed E-state index contributed by atoms with van der Waals surface area (Å²) in [5, 5.41) is 0. The normalized spacial score (nSPS) is 21.1. The first-order chi connectivity index (χ1) is 6.21. The summed E-state index contributed by atoms with van der Waals surface area (Å²) in [4.78, 5) is -0.268. The van der Waals surface area contributed by atoms with Gasteiger partial charge in [0.05, 0.1) is 4.91 Å². The number of rotatable bonds is 1. The van der Waals surface area contributed by atoms with Crippen molar-refractivity contribution in [2.24, 2.45) is 5.41 Å². The van der Waals surface area contributed by atoms with Crippen molar-refractivity contribution in [3.05, 3.63) is 34.8 Å². The van der Waals surface area contributed by atoms with Gasteiger partial charge in [-0.15, -0.1) is 3.89 Å². The summed E-state index contributed by atoms with van der Waals surface area (Å²) < 4.78 is 34.2. The predicted molar refractivity (Wildman–Crippen MR) is 54.8 cm³/mol. The van der Waals surface area contributed by atoms with Crippen molar-refractivity contribution in [1.29, 1.82) is 0 Å². The van der Waals surface area contributed by atoms with Crippen LogP contribution in [0.25, 0.3) is 0 Å². The number of halogens is 1. The topological polar surface area (TPSA) is 34.1 Å². The molecule has 1 aliphatic rings. The lowest BCUT2D eigenvalue weighted by molar-refractivity contribution is 0.557. The minimum atomic E-state index is -4.60. The summed E-state index contributed by atoms with van der Waals surface area (Å²) in [6.07, 6.45) is 6.19. The Hall–Kier alpha value is -0.900. The fourth-order valence-electron chi connectivity index (χ4n) is 1.46. The van der Waals surface area contributed by atoms with Crippen LogP contribution < -0.4 is 0 Å². The Balaban J connectivity index is 3.27. The van der Waals surface area contributed by atoms with Gasteiger partial charge in [-0.2, -0.15) is 8.42 Å². The first kappa shape index (κ1) is 11.2. The zero-order valence-electron chi connectivity index (χ0n) is 8.41. The molecule has 2 nitrogen and oxygen atoms in total. The highest BCUT2D eigenvalue weighted by Gasteiger charge is 2.21. The van der Waals surface area contributed by atoms with Crippen LogP contribution in [0.3, 0.4) is 0 Å². The smallest absolute Gasteiger partial charge is 0.189 e. The molecule has 0 aromatic heterocycles. The highest BCUT2D eigenvalue weighted by atomic mass is 32.3. The molecule has 0 N–H and O–H groups in total. The molecule has 0 unspecified atom stereocenters. The molecule has 0 saturated carbocycles. The predicted octanol–water partition coefficient (Wildman–Crippen LogP) is 2.71. The van der Waals surface area contributed by atoms with E-state index in [2.05, 4.69) is 0 Å². The van der Waals surface area contributed by atoms with Crippen LogP contribution in [-0.2, 0) is 10.2 Å². The van der Waals surface area contributed by atoms with Crippen LogP contribution in [0.15, 0.2) is 34.8 Å². The molecule has 0 heterocycles. The van der Waals surface area contributed by atoms with Crippen molar-refractivity contribution in [2.75, 3.05) is 0 Å². The molecular weight excluding hydrogens is 203 g/mol. The lowest BCUT2D eigenvalue weighted by Gasteiger charge is -2.14. The van der Waals surface area contributed by atoms with E-state index in [0.717, 1.165) is 5.57 Å². The van der Waals surface area contributed by atoms with Gasteiger partial charge in [-0.25, -0.2) is 0 Å². The third-order valence-electron chi connectivity index (χ3n) is 1.91. The molecule has 0 amide bonds. The second-order valence-corrected chi connectivity index (χ2v) is 5.37. The summed E-state index contributed by atoms with van der Waals surface area (Å²) in [5.74, 6) is 0. The number of allylic oxidation sites excluding steroid dienone is 5.